The van der Waals surface area contributed by atoms with Crippen LogP contribution in [0.15, 0.2) is 97.1 Å². The van der Waals surface area contributed by atoms with Gasteiger partial charge in [-0.15, -0.1) is 0 Å². The van der Waals surface area contributed by atoms with Crippen molar-refractivity contribution in [3.05, 3.63) is 125 Å². The van der Waals surface area contributed by atoms with Crippen LogP contribution in [0.2, 0.25) is 0 Å². The molecule has 232 valence electrons. The second-order valence-electron chi connectivity index (χ2n) is 10.3. The zero-order chi connectivity index (χ0) is 31.1. The van der Waals surface area contributed by atoms with E-state index in [9.17, 15) is 13.6 Å². The van der Waals surface area contributed by atoms with E-state index in [-0.39, 0.29) is 29.8 Å². The van der Waals surface area contributed by atoms with Gasteiger partial charge in [-0.3, -0.25) is 4.90 Å². The maximum atomic E-state index is 13.5. The first-order valence-corrected chi connectivity index (χ1v) is 14.8. The number of likely N-dealkylation sites (tertiary alicyclic amines) is 1. The van der Waals surface area contributed by atoms with Gasteiger partial charge in [0.1, 0.15) is 24.3 Å². The average molecular weight is 604 g/mol. The van der Waals surface area contributed by atoms with Gasteiger partial charge in [-0.1, -0.05) is 60.7 Å². The summed E-state index contributed by atoms with van der Waals surface area (Å²) in [5.41, 5.74) is 2.59. The molecule has 1 aliphatic rings. The van der Waals surface area contributed by atoms with Crippen LogP contribution in [0.1, 0.15) is 42.6 Å². The molecule has 0 aromatic heterocycles. The van der Waals surface area contributed by atoms with Gasteiger partial charge < -0.3 is 18.9 Å². The van der Waals surface area contributed by atoms with Crippen molar-refractivity contribution in [1.29, 1.82) is 0 Å². The Kier molecular flexibility index (Phi) is 12.7. The van der Waals surface area contributed by atoms with Crippen LogP contribution in [0.25, 0.3) is 6.08 Å². The lowest BCUT2D eigenvalue weighted by atomic mass is 10.00. The van der Waals surface area contributed by atoms with Gasteiger partial charge in [-0.05, 0) is 72.9 Å². The molecule has 0 spiro atoms. The molecule has 44 heavy (non-hydrogen) atoms. The van der Waals surface area contributed by atoms with Crippen LogP contribution in [-0.4, -0.2) is 56.9 Å². The van der Waals surface area contributed by atoms with E-state index >= 15 is 0 Å². The summed E-state index contributed by atoms with van der Waals surface area (Å²) < 4.78 is 49.9. The van der Waals surface area contributed by atoms with Crippen molar-refractivity contribution in [1.82, 2.24) is 4.90 Å². The third kappa shape index (κ3) is 10.2. The summed E-state index contributed by atoms with van der Waals surface area (Å²) in [6, 6.07) is 18.2. The Labute approximate surface area is 258 Å². The van der Waals surface area contributed by atoms with Gasteiger partial charge in [0.25, 0.3) is 0 Å². The number of ether oxygens (including phenoxy) is 4. The van der Waals surface area contributed by atoms with Crippen molar-refractivity contribution in [2.24, 2.45) is 0 Å². The highest BCUT2D eigenvalue weighted by molar-refractivity contribution is 5.82. The Bertz CT molecular complexity index is 1370. The molecule has 6 nitrogen and oxygen atoms in total. The van der Waals surface area contributed by atoms with Crippen LogP contribution in [-0.2, 0) is 14.3 Å². The molecule has 0 radical (unpaired) electrons. The molecule has 1 saturated heterocycles. The number of methoxy groups -OCH3 is 1. The fourth-order valence-electron chi connectivity index (χ4n) is 4.87. The van der Waals surface area contributed by atoms with Gasteiger partial charge in [-0.2, -0.15) is 0 Å². The highest BCUT2D eigenvalue weighted by Gasteiger charge is 2.24. The number of carbonyl (C=O) groups is 1. The number of nitrogens with zero attached hydrogens (tertiary/aromatic N) is 1. The van der Waals surface area contributed by atoms with E-state index in [4.69, 9.17) is 18.9 Å². The summed E-state index contributed by atoms with van der Waals surface area (Å²) in [7, 11) is 1.60. The van der Waals surface area contributed by atoms with Crippen LogP contribution in [0.3, 0.4) is 0 Å². The first kappa shape index (κ1) is 32.6. The number of halogens is 2. The largest absolute Gasteiger partial charge is 0.493 e. The van der Waals surface area contributed by atoms with Gasteiger partial charge in [0.05, 0.1) is 19.8 Å². The summed E-state index contributed by atoms with van der Waals surface area (Å²) in [4.78, 5) is 13.7. The molecule has 1 heterocycles. The number of carbonyl (C=O) groups excluding carboxylic acids is 1. The second-order valence-corrected chi connectivity index (χ2v) is 10.3. The topological polar surface area (TPSA) is 57.2 Å². The smallest absolute Gasteiger partial charge is 0.330 e. The average Bonchev–Trinajstić information content (AvgIpc) is 3.04. The molecule has 0 unspecified atom stereocenters. The molecule has 0 saturated carbocycles. The van der Waals surface area contributed by atoms with E-state index in [1.54, 1.807) is 50.5 Å². The van der Waals surface area contributed by atoms with Crippen molar-refractivity contribution < 1.29 is 32.5 Å². The summed E-state index contributed by atoms with van der Waals surface area (Å²) in [5, 5.41) is 0. The minimum Gasteiger partial charge on any atom is -0.493 e. The molecular formula is C36H39F2NO5. The molecule has 0 N–H and O–H groups in total. The zero-order valence-corrected chi connectivity index (χ0v) is 25.2. The Morgan fingerprint density at radius 1 is 0.909 bits per heavy atom. The number of rotatable bonds is 14. The first-order valence-electron chi connectivity index (χ1n) is 14.8. The van der Waals surface area contributed by atoms with Crippen molar-refractivity contribution >= 4 is 12.0 Å². The summed E-state index contributed by atoms with van der Waals surface area (Å²) >= 11 is 0. The monoisotopic (exact) mass is 603 g/mol. The number of hydrogen-bond donors (Lipinski definition) is 0. The molecule has 0 bridgehead atoms. The van der Waals surface area contributed by atoms with E-state index in [2.05, 4.69) is 11.0 Å². The highest BCUT2D eigenvalue weighted by atomic mass is 19.1. The lowest BCUT2D eigenvalue weighted by molar-refractivity contribution is -0.137. The van der Waals surface area contributed by atoms with Crippen LogP contribution in [0, 0.1) is 11.6 Å². The van der Waals surface area contributed by atoms with Crippen molar-refractivity contribution in [2.75, 3.05) is 40.0 Å². The Hall–Kier alpha value is -4.27. The minimum absolute atomic E-state index is 0.0394. The lowest BCUT2D eigenvalue weighted by Gasteiger charge is -2.33. The van der Waals surface area contributed by atoms with Crippen molar-refractivity contribution in [2.45, 2.75) is 32.0 Å². The summed E-state index contributed by atoms with van der Waals surface area (Å²) in [6.45, 7) is 5.08. The lowest BCUT2D eigenvalue weighted by Crippen LogP contribution is -2.37. The van der Waals surface area contributed by atoms with E-state index in [0.717, 1.165) is 49.2 Å². The van der Waals surface area contributed by atoms with Crippen LogP contribution in [0.5, 0.6) is 11.5 Å². The molecule has 0 amide bonds. The molecule has 3 aromatic rings. The highest BCUT2D eigenvalue weighted by Crippen LogP contribution is 2.31. The molecule has 8 heteroatoms. The Morgan fingerprint density at radius 2 is 1.57 bits per heavy atom. The van der Waals surface area contributed by atoms with E-state index in [1.807, 2.05) is 30.4 Å². The third-order valence-electron chi connectivity index (χ3n) is 7.18. The molecular weight excluding hydrogens is 564 g/mol. The normalized spacial score (nSPS) is 14.7. The summed E-state index contributed by atoms with van der Waals surface area (Å²) in [5.74, 6) is 0.283. The second kappa shape index (κ2) is 17.1. The number of piperidine rings is 1. The molecule has 0 aliphatic carbocycles. The standard InChI is InChI=1S/C36H39F2NO5/c1-3-42-35(40)9-5-4-8-27-10-19-33(34(26-27)41-2)43-25-7-6-22-39-23-20-32(21-24-39)44-36(28-11-15-30(37)16-12-28)29-13-17-31(38)18-14-29/h4-19,26,32,36H,3,20-25H2,1-2H3. The molecule has 0 atom stereocenters. The van der Waals surface area contributed by atoms with Crippen molar-refractivity contribution in [3.63, 3.8) is 0 Å². The Morgan fingerprint density at radius 3 is 2.18 bits per heavy atom. The number of allylic oxidation sites excluding steroid dienone is 2. The van der Waals surface area contributed by atoms with E-state index in [1.165, 1.54) is 30.3 Å². The van der Waals surface area contributed by atoms with Gasteiger partial charge in [0, 0.05) is 25.7 Å². The van der Waals surface area contributed by atoms with Gasteiger partial charge in [0.2, 0.25) is 0 Å². The van der Waals surface area contributed by atoms with E-state index in [0.29, 0.717) is 24.7 Å². The molecule has 3 aromatic carbocycles. The third-order valence-corrected chi connectivity index (χ3v) is 7.18. The van der Waals surface area contributed by atoms with Crippen LogP contribution >= 0.6 is 0 Å². The Balaban J connectivity index is 1.22. The van der Waals surface area contributed by atoms with Gasteiger partial charge in [0.15, 0.2) is 11.5 Å². The number of hydrogen-bond acceptors (Lipinski definition) is 6. The predicted octanol–water partition coefficient (Wildman–Crippen LogP) is 7.31. The van der Waals surface area contributed by atoms with E-state index < -0.39 is 0 Å². The maximum absolute atomic E-state index is 13.5. The fraction of sp³-hybridized carbons (Fsp3) is 0.306. The zero-order valence-electron chi connectivity index (χ0n) is 25.2. The quantitative estimate of drug-likeness (QED) is 0.0834. The van der Waals surface area contributed by atoms with Crippen LogP contribution < -0.4 is 9.47 Å². The van der Waals surface area contributed by atoms with Gasteiger partial charge >= 0.3 is 5.97 Å². The minimum atomic E-state index is -0.389. The number of benzene rings is 3. The predicted molar refractivity (Wildman–Crippen MR) is 168 cm³/mol. The molecule has 4 rings (SSSR count). The van der Waals surface area contributed by atoms with Crippen molar-refractivity contribution in [3.8, 4) is 11.5 Å². The SMILES string of the molecule is CCOC(=O)C=CC=Cc1ccc(OCC=CCN2CCC(OC(c3ccc(F)cc3)c3ccc(F)cc3)CC2)c(OC)c1. The molecule has 1 aliphatic heterocycles. The fourth-order valence-corrected chi connectivity index (χ4v) is 4.87. The summed E-state index contributed by atoms with van der Waals surface area (Å²) in [6.07, 6.45) is 12.1. The number of esters is 1. The van der Waals surface area contributed by atoms with Crippen LogP contribution in [0.4, 0.5) is 8.78 Å². The molecule has 1 fully saturated rings. The first-order chi connectivity index (χ1) is 21.4. The maximum Gasteiger partial charge on any atom is 0.330 e. The van der Waals surface area contributed by atoms with Gasteiger partial charge in [-0.25, -0.2) is 13.6 Å².